The van der Waals surface area contributed by atoms with Gasteiger partial charge in [0.15, 0.2) is 6.10 Å². The van der Waals surface area contributed by atoms with Gasteiger partial charge in [-0.05, 0) is 24.6 Å². The average Bonchev–Trinajstić information content (AvgIpc) is 2.41. The number of methoxy groups -OCH3 is 2. The summed E-state index contributed by atoms with van der Waals surface area (Å²) in [4.78, 5) is 14.0. The first kappa shape index (κ1) is 13.1. The maximum Gasteiger partial charge on any atom is 0.336 e. The molecule has 1 aliphatic heterocycles. The van der Waals surface area contributed by atoms with E-state index < -0.39 is 6.10 Å². The van der Waals surface area contributed by atoms with Crippen LogP contribution in [0.5, 0.6) is 0 Å². The first-order valence-corrected chi connectivity index (χ1v) is 6.07. The molecule has 0 radical (unpaired) electrons. The molecule has 2 unspecified atom stereocenters. The van der Waals surface area contributed by atoms with Gasteiger partial charge in [-0.25, -0.2) is 4.79 Å². The van der Waals surface area contributed by atoms with Crippen molar-refractivity contribution in [1.29, 1.82) is 0 Å². The molecule has 0 fully saturated rings. The molecule has 4 nitrogen and oxygen atoms in total. The monoisotopic (exact) mass is 249 g/mol. The lowest BCUT2D eigenvalue weighted by molar-refractivity contribution is -0.157. The Kier molecular flexibility index (Phi) is 3.99. The Morgan fingerprint density at radius 3 is 2.78 bits per heavy atom. The summed E-state index contributed by atoms with van der Waals surface area (Å²) in [5.41, 5.74) is 2.44. The van der Waals surface area contributed by atoms with Gasteiger partial charge < -0.3 is 9.47 Å². The van der Waals surface area contributed by atoms with Gasteiger partial charge in [-0.2, -0.15) is 0 Å². The van der Waals surface area contributed by atoms with Crippen LogP contribution in [0.4, 0.5) is 0 Å². The number of esters is 1. The predicted octanol–water partition coefficient (Wildman–Crippen LogP) is 1.40. The van der Waals surface area contributed by atoms with E-state index in [1.807, 2.05) is 19.2 Å². The Bertz CT molecular complexity index is 433. The van der Waals surface area contributed by atoms with E-state index >= 15 is 0 Å². The minimum atomic E-state index is -0.582. The number of likely N-dealkylation sites (N-methyl/N-ethyl adjacent to an activating group) is 1. The van der Waals surface area contributed by atoms with Gasteiger partial charge in [0, 0.05) is 13.7 Å². The van der Waals surface area contributed by atoms with Crippen molar-refractivity contribution in [3.63, 3.8) is 0 Å². The molecule has 0 aromatic heterocycles. The molecule has 0 amide bonds. The Labute approximate surface area is 107 Å². The lowest BCUT2D eigenvalue weighted by atomic mass is 9.89. The van der Waals surface area contributed by atoms with E-state index in [0.717, 1.165) is 18.5 Å². The summed E-state index contributed by atoms with van der Waals surface area (Å²) in [7, 11) is 4.95. The van der Waals surface area contributed by atoms with Gasteiger partial charge >= 0.3 is 5.97 Å². The number of hydrogen-bond donors (Lipinski definition) is 0. The standard InChI is InChI=1S/C14H19NO3/c1-15-9-8-10-6-4-5-7-11(10)12(15)13(17-2)14(16)18-3/h4-7,12-13H,8-9H2,1-3H3. The number of fused-ring (bicyclic) bond motifs is 1. The van der Waals surface area contributed by atoms with Gasteiger partial charge in [0.25, 0.3) is 0 Å². The molecule has 1 heterocycles. The van der Waals surface area contributed by atoms with Crippen molar-refractivity contribution in [3.8, 4) is 0 Å². The molecule has 0 bridgehead atoms. The summed E-state index contributed by atoms with van der Waals surface area (Å²) in [6, 6.07) is 8.12. The molecule has 2 rings (SSSR count). The number of nitrogens with zero attached hydrogens (tertiary/aromatic N) is 1. The van der Waals surface area contributed by atoms with Crippen molar-refractivity contribution in [1.82, 2.24) is 4.90 Å². The van der Waals surface area contributed by atoms with E-state index in [1.54, 1.807) is 7.11 Å². The van der Waals surface area contributed by atoms with Crippen molar-refractivity contribution in [2.75, 3.05) is 27.8 Å². The summed E-state index contributed by atoms with van der Waals surface area (Å²) in [5, 5.41) is 0. The van der Waals surface area contributed by atoms with Crippen LogP contribution < -0.4 is 0 Å². The SMILES string of the molecule is COC(=O)C(OC)C1c2ccccc2CCN1C. The number of carbonyl (C=O) groups is 1. The van der Waals surface area contributed by atoms with Crippen molar-refractivity contribution < 1.29 is 14.3 Å². The summed E-state index contributed by atoms with van der Waals surface area (Å²) < 4.78 is 10.2. The molecule has 18 heavy (non-hydrogen) atoms. The molecule has 1 aliphatic rings. The molecule has 4 heteroatoms. The number of carbonyl (C=O) groups excluding carboxylic acids is 1. The zero-order chi connectivity index (χ0) is 13.1. The van der Waals surface area contributed by atoms with Crippen molar-refractivity contribution >= 4 is 5.97 Å². The Morgan fingerprint density at radius 1 is 1.39 bits per heavy atom. The zero-order valence-electron chi connectivity index (χ0n) is 11.1. The molecule has 1 aromatic rings. The van der Waals surface area contributed by atoms with Gasteiger partial charge in [0.05, 0.1) is 13.2 Å². The molecule has 98 valence electrons. The fourth-order valence-electron chi connectivity index (χ4n) is 2.59. The molecular weight excluding hydrogens is 230 g/mol. The van der Waals surface area contributed by atoms with Crippen LogP contribution in [0.25, 0.3) is 0 Å². The van der Waals surface area contributed by atoms with E-state index in [9.17, 15) is 4.79 Å². The number of hydrogen-bond acceptors (Lipinski definition) is 4. The summed E-state index contributed by atoms with van der Waals surface area (Å²) in [5.74, 6) is -0.328. The Hall–Kier alpha value is -1.39. The van der Waals surface area contributed by atoms with Crippen LogP contribution in [0.2, 0.25) is 0 Å². The maximum absolute atomic E-state index is 11.8. The van der Waals surface area contributed by atoms with Crippen molar-refractivity contribution in [2.45, 2.75) is 18.6 Å². The normalized spacial score (nSPS) is 21.2. The third kappa shape index (κ3) is 2.26. The van der Waals surface area contributed by atoms with Crippen LogP contribution in [0.1, 0.15) is 17.2 Å². The van der Waals surface area contributed by atoms with E-state index in [4.69, 9.17) is 9.47 Å². The van der Waals surface area contributed by atoms with Crippen LogP contribution >= 0.6 is 0 Å². The quantitative estimate of drug-likeness (QED) is 0.759. The fourth-order valence-corrected chi connectivity index (χ4v) is 2.59. The second-order valence-electron chi connectivity index (χ2n) is 4.55. The molecule has 0 saturated carbocycles. The lowest BCUT2D eigenvalue weighted by Gasteiger charge is -2.37. The van der Waals surface area contributed by atoms with E-state index in [2.05, 4.69) is 17.0 Å². The Balaban J connectivity index is 2.38. The lowest BCUT2D eigenvalue weighted by Crippen LogP contribution is -2.43. The van der Waals surface area contributed by atoms with Crippen LogP contribution in [0, 0.1) is 0 Å². The second-order valence-corrected chi connectivity index (χ2v) is 4.55. The number of benzene rings is 1. The van der Waals surface area contributed by atoms with Crippen LogP contribution in [0.3, 0.4) is 0 Å². The number of rotatable bonds is 3. The average molecular weight is 249 g/mol. The van der Waals surface area contributed by atoms with Crippen LogP contribution in [0.15, 0.2) is 24.3 Å². The summed E-state index contributed by atoms with van der Waals surface area (Å²) in [6.45, 7) is 0.915. The molecule has 0 aliphatic carbocycles. The molecule has 0 saturated heterocycles. The predicted molar refractivity (Wildman–Crippen MR) is 68.3 cm³/mol. The van der Waals surface area contributed by atoms with Gasteiger partial charge in [-0.15, -0.1) is 0 Å². The topological polar surface area (TPSA) is 38.8 Å². The van der Waals surface area contributed by atoms with E-state index in [0.29, 0.717) is 0 Å². The van der Waals surface area contributed by atoms with E-state index in [-0.39, 0.29) is 12.0 Å². The van der Waals surface area contributed by atoms with Crippen LogP contribution in [-0.4, -0.2) is 44.8 Å². The van der Waals surface area contributed by atoms with Gasteiger partial charge in [0.2, 0.25) is 0 Å². The fraction of sp³-hybridized carbons (Fsp3) is 0.500. The smallest absolute Gasteiger partial charge is 0.336 e. The van der Waals surface area contributed by atoms with E-state index in [1.165, 1.54) is 12.7 Å². The first-order valence-electron chi connectivity index (χ1n) is 6.07. The van der Waals surface area contributed by atoms with Crippen molar-refractivity contribution in [2.24, 2.45) is 0 Å². The highest BCUT2D eigenvalue weighted by molar-refractivity contribution is 5.76. The Morgan fingerprint density at radius 2 is 2.11 bits per heavy atom. The third-order valence-electron chi connectivity index (χ3n) is 3.56. The van der Waals surface area contributed by atoms with Gasteiger partial charge in [-0.3, -0.25) is 4.90 Å². The summed E-state index contributed by atoms with van der Waals surface area (Å²) >= 11 is 0. The second kappa shape index (κ2) is 5.50. The number of ether oxygens (including phenoxy) is 2. The van der Waals surface area contributed by atoms with Gasteiger partial charge in [0.1, 0.15) is 0 Å². The summed E-state index contributed by atoms with van der Waals surface area (Å²) in [6.07, 6.45) is 0.419. The largest absolute Gasteiger partial charge is 0.467 e. The highest BCUT2D eigenvalue weighted by atomic mass is 16.6. The molecule has 0 spiro atoms. The van der Waals surface area contributed by atoms with Gasteiger partial charge in [-0.1, -0.05) is 24.3 Å². The third-order valence-corrected chi connectivity index (χ3v) is 3.56. The minimum Gasteiger partial charge on any atom is -0.467 e. The first-order chi connectivity index (χ1) is 8.69. The zero-order valence-corrected chi connectivity index (χ0v) is 11.1. The molecule has 1 aromatic carbocycles. The molecule has 0 N–H and O–H groups in total. The van der Waals surface area contributed by atoms with Crippen LogP contribution in [-0.2, 0) is 20.7 Å². The molecule has 2 atom stereocenters. The van der Waals surface area contributed by atoms with Crippen molar-refractivity contribution in [3.05, 3.63) is 35.4 Å². The highest BCUT2D eigenvalue weighted by Crippen LogP contribution is 2.32. The highest BCUT2D eigenvalue weighted by Gasteiger charge is 2.36. The minimum absolute atomic E-state index is 0.0765. The maximum atomic E-state index is 11.8. The molecular formula is C14H19NO3.